The minimum Gasteiger partial charge on any atom is -0.558 e. The number of sulfonamides is 3. The van der Waals surface area contributed by atoms with Crippen molar-refractivity contribution in [1.29, 1.82) is 0 Å². The topological polar surface area (TPSA) is 338 Å². The molecule has 0 atom stereocenters. The van der Waals surface area contributed by atoms with Crippen LogP contribution in [0.15, 0.2) is 13.0 Å². The van der Waals surface area contributed by atoms with Crippen molar-refractivity contribution in [2.24, 2.45) is 69.5 Å². The summed E-state index contributed by atoms with van der Waals surface area (Å²) in [7, 11) is -12.4. The molecule has 12 saturated carbocycles. The Labute approximate surface area is 411 Å². The molecule has 3 amide bonds. The zero-order valence-corrected chi connectivity index (χ0v) is 42.1. The van der Waals surface area contributed by atoms with Gasteiger partial charge in [0.1, 0.15) is 30.1 Å². The number of aromatic nitrogens is 6. The van der Waals surface area contributed by atoms with Crippen LogP contribution in [-0.2, 0) is 61.5 Å². The molecule has 1 radical (unpaired) electrons. The molecule has 3 aromatic heterocycles. The number of carbonyl (C=O) groups is 3. The normalized spacial score (nSPS) is 36.0. The number of amides is 3. The van der Waals surface area contributed by atoms with Gasteiger partial charge in [0, 0.05) is 0 Å². The maximum absolute atomic E-state index is 12.8. The van der Waals surface area contributed by atoms with Crippen LogP contribution < -0.4 is 16.0 Å². The molecular formula is C39H51FeN12O9S6. The SMILES string of the molecule is [Fe+3].[NH-]S(=O)(=O)c1nnc(NC(=O)C23CC4CC(CC(C4)C2)C3)s1.[NH-]S(=O)(=O)c1nnc(NC(=O)C23CC4CC(CC(C4)C2)C3)s1.[NH-]S(=O)(=O)c1nnc(NC(=O)C23CC4CC(CC(C4)C2)C3)s1. The summed E-state index contributed by atoms with van der Waals surface area (Å²) in [4.78, 5) is 38.3. The Morgan fingerprint density at radius 3 is 0.716 bits per heavy atom. The van der Waals surface area contributed by atoms with Crippen LogP contribution in [-0.4, -0.2) is 73.6 Å². The second-order valence-electron chi connectivity index (χ2n) is 21.1. The molecule has 0 saturated heterocycles. The molecule has 21 nitrogen and oxygen atoms in total. The van der Waals surface area contributed by atoms with Gasteiger partial charge >= 0.3 is 17.1 Å². The van der Waals surface area contributed by atoms with E-state index in [1.807, 2.05) is 0 Å². The van der Waals surface area contributed by atoms with Crippen LogP contribution in [0.1, 0.15) is 116 Å². The van der Waals surface area contributed by atoms with Gasteiger partial charge < -0.3 is 31.4 Å². The zero-order chi connectivity index (χ0) is 46.6. The first kappa shape index (κ1) is 49.3. The molecule has 0 aliphatic heterocycles. The molecule has 12 bridgehead atoms. The molecule has 3 aromatic rings. The molecule has 12 aliphatic carbocycles. The fraction of sp³-hybridized carbons (Fsp3) is 0.769. The zero-order valence-electron chi connectivity index (χ0n) is 36.1. The van der Waals surface area contributed by atoms with E-state index in [4.69, 9.17) is 15.4 Å². The Hall–Kier alpha value is -2.66. The van der Waals surface area contributed by atoms with Gasteiger partial charge in [0.2, 0.25) is 46.1 Å². The maximum Gasteiger partial charge on any atom is 3.00 e. The Morgan fingerprint density at radius 1 is 0.388 bits per heavy atom. The number of carbonyl (C=O) groups excluding carboxylic acids is 3. The monoisotopic (exact) mass is 1080 g/mol. The molecule has 15 rings (SSSR count). The largest absolute Gasteiger partial charge is 3.00 e. The molecule has 12 aliphatic rings. The summed E-state index contributed by atoms with van der Waals surface area (Å²) in [5.74, 6) is 5.83. The van der Waals surface area contributed by atoms with E-state index >= 15 is 0 Å². The van der Waals surface area contributed by atoms with Crippen molar-refractivity contribution in [1.82, 2.24) is 30.6 Å². The van der Waals surface area contributed by atoms with Gasteiger partial charge in [-0.3, -0.25) is 14.4 Å². The van der Waals surface area contributed by atoms with E-state index in [1.165, 1.54) is 57.8 Å². The summed E-state index contributed by atoms with van der Waals surface area (Å²) in [6, 6.07) is 0. The molecular weight excluding hydrogens is 1030 g/mol. The first-order valence-electron chi connectivity index (χ1n) is 22.5. The first-order chi connectivity index (χ1) is 31.0. The summed E-state index contributed by atoms with van der Waals surface area (Å²) in [6.45, 7) is 0. The third-order valence-corrected chi connectivity index (χ3v) is 22.4. The number of nitrogens with one attached hydrogen (secondary N) is 6. The average molecular weight is 1080 g/mol. The summed E-state index contributed by atoms with van der Waals surface area (Å²) in [6.07, 6.45) is 19.7. The Bertz CT molecular complexity index is 2380. The number of hydrogen-bond acceptors (Lipinski definition) is 18. The quantitative estimate of drug-likeness (QED) is 0.140. The second kappa shape index (κ2) is 17.9. The first-order valence-corrected chi connectivity index (χ1v) is 29.4. The van der Waals surface area contributed by atoms with Crippen molar-refractivity contribution in [3.8, 4) is 0 Å². The van der Waals surface area contributed by atoms with E-state index in [0.717, 1.165) is 91.8 Å². The van der Waals surface area contributed by atoms with Crippen molar-refractivity contribution in [3.63, 3.8) is 0 Å². The molecule has 0 aromatic carbocycles. The molecule has 0 unspecified atom stereocenters. The molecule has 3 heterocycles. The van der Waals surface area contributed by atoms with Crippen molar-refractivity contribution < 1.29 is 56.7 Å². The number of hydrogen-bond donors (Lipinski definition) is 3. The van der Waals surface area contributed by atoms with E-state index in [9.17, 15) is 39.6 Å². The van der Waals surface area contributed by atoms with Crippen LogP contribution in [0.3, 0.4) is 0 Å². The van der Waals surface area contributed by atoms with Gasteiger partial charge in [0.05, 0.1) is 16.2 Å². The van der Waals surface area contributed by atoms with Crippen molar-refractivity contribution in [2.75, 3.05) is 16.0 Å². The molecule has 6 N–H and O–H groups in total. The van der Waals surface area contributed by atoms with Crippen LogP contribution in [0.2, 0.25) is 0 Å². The van der Waals surface area contributed by atoms with E-state index in [0.29, 0.717) is 53.3 Å². The third kappa shape index (κ3) is 10.1. The van der Waals surface area contributed by atoms with Crippen molar-refractivity contribution in [2.45, 2.75) is 129 Å². The van der Waals surface area contributed by atoms with Crippen LogP contribution >= 0.6 is 34.0 Å². The van der Waals surface area contributed by atoms with Gasteiger partial charge in [-0.15, -0.1) is 30.6 Å². The van der Waals surface area contributed by atoms with Crippen LogP contribution in [0.25, 0.3) is 15.4 Å². The minimum absolute atomic E-state index is 0. The summed E-state index contributed by atoms with van der Waals surface area (Å²) in [5.41, 5.74) is -0.915. The van der Waals surface area contributed by atoms with Crippen molar-refractivity contribution >= 4 is 97.2 Å². The van der Waals surface area contributed by atoms with Gasteiger partial charge in [-0.25, -0.2) is 25.3 Å². The second-order valence-corrected chi connectivity index (χ2v) is 29.0. The van der Waals surface area contributed by atoms with Crippen LogP contribution in [0.5, 0.6) is 0 Å². The average Bonchev–Trinajstić information content (AvgIpc) is 3.99. The molecule has 0 spiro atoms. The predicted octanol–water partition coefficient (Wildman–Crippen LogP) is 7.30. The van der Waals surface area contributed by atoms with Gasteiger partial charge in [0.25, 0.3) is 0 Å². The van der Waals surface area contributed by atoms with E-state index < -0.39 is 30.1 Å². The van der Waals surface area contributed by atoms with Crippen LogP contribution in [0.4, 0.5) is 15.4 Å². The summed E-state index contributed by atoms with van der Waals surface area (Å²) in [5, 5.41) is 51.1. The molecule has 12 fully saturated rings. The van der Waals surface area contributed by atoms with Gasteiger partial charge in [-0.2, -0.15) is 0 Å². The minimum atomic E-state index is -4.12. The number of nitrogens with zero attached hydrogens (tertiary/aromatic N) is 6. The third-order valence-electron chi connectivity index (χ3n) is 16.1. The summed E-state index contributed by atoms with van der Waals surface area (Å²) >= 11 is 2.23. The Balaban J connectivity index is 0.000000125. The van der Waals surface area contributed by atoms with Crippen molar-refractivity contribution in [3.05, 3.63) is 15.4 Å². The molecule has 365 valence electrons. The predicted molar refractivity (Wildman–Crippen MR) is 242 cm³/mol. The number of anilines is 3. The standard InChI is InChI=1S/3C13H18N4O3S2.Fe/c3*14-22(19,20)12-17-16-11(21-12)15-10(18)13-4-7-1-8(5-13)3-9(2-7)6-13;/h3*7-9H,1-6H2,(H3,14,15,16,18,19,20);/q;;;+3/p-3. The van der Waals surface area contributed by atoms with E-state index in [1.54, 1.807) is 0 Å². The Morgan fingerprint density at radius 2 is 0.567 bits per heavy atom. The Kier molecular flexibility index (Phi) is 13.2. The van der Waals surface area contributed by atoms with Gasteiger partial charge in [-0.1, -0.05) is 34.0 Å². The maximum atomic E-state index is 12.8. The fourth-order valence-electron chi connectivity index (χ4n) is 15.0. The van der Waals surface area contributed by atoms with E-state index in [2.05, 4.69) is 46.5 Å². The van der Waals surface area contributed by atoms with Crippen LogP contribution in [0, 0.1) is 69.5 Å². The van der Waals surface area contributed by atoms with Gasteiger partial charge in [0.15, 0.2) is 0 Å². The smallest absolute Gasteiger partial charge is 0.558 e. The molecule has 67 heavy (non-hydrogen) atoms. The summed E-state index contributed by atoms with van der Waals surface area (Å²) < 4.78 is 65.6. The van der Waals surface area contributed by atoms with Gasteiger partial charge in [-0.05, 0) is 169 Å². The molecule has 28 heteroatoms. The fourth-order valence-corrected chi connectivity index (χ4v) is 18.9. The number of rotatable bonds is 9. The van der Waals surface area contributed by atoms with E-state index in [-0.39, 0.29) is 79.4 Å².